The monoisotopic (exact) mass is 229 g/mol. The van der Waals surface area contributed by atoms with Gasteiger partial charge in [0.05, 0.1) is 0 Å². The molecule has 90 valence electrons. The van der Waals surface area contributed by atoms with Gasteiger partial charge in [0.1, 0.15) is 11.4 Å². The maximum atomic E-state index is 5.98. The average Bonchev–Trinajstić information content (AvgIpc) is 2.38. The second-order valence-corrected chi connectivity index (χ2v) is 4.62. The largest absolute Gasteiger partial charge is 0.486 e. The summed E-state index contributed by atoms with van der Waals surface area (Å²) in [6.45, 7) is 4.66. The maximum absolute atomic E-state index is 5.98. The molecule has 2 aromatic rings. The van der Waals surface area contributed by atoms with Gasteiger partial charge >= 0.3 is 0 Å². The third-order valence-corrected chi connectivity index (χ3v) is 3.26. The third-order valence-electron chi connectivity index (χ3n) is 3.26. The normalized spacial score (nSPS) is 14.5. The van der Waals surface area contributed by atoms with Crippen LogP contribution in [0.15, 0.2) is 42.5 Å². The van der Waals surface area contributed by atoms with Gasteiger partial charge in [-0.25, -0.2) is 0 Å². The molecule has 2 nitrogen and oxygen atoms in total. The Morgan fingerprint density at radius 1 is 1.12 bits per heavy atom. The summed E-state index contributed by atoms with van der Waals surface area (Å²) in [6.07, 6.45) is 0.899. The zero-order chi connectivity index (χ0) is 12.3. The molecule has 2 N–H and O–H groups in total. The van der Waals surface area contributed by atoms with Gasteiger partial charge in [-0.3, -0.25) is 0 Å². The van der Waals surface area contributed by atoms with Crippen LogP contribution in [0.3, 0.4) is 0 Å². The van der Waals surface area contributed by atoms with E-state index in [9.17, 15) is 0 Å². The van der Waals surface area contributed by atoms with Crippen molar-refractivity contribution in [3.05, 3.63) is 42.5 Å². The van der Waals surface area contributed by atoms with Crippen LogP contribution in [0.4, 0.5) is 0 Å². The van der Waals surface area contributed by atoms with Crippen molar-refractivity contribution in [1.29, 1.82) is 0 Å². The quantitative estimate of drug-likeness (QED) is 0.872. The first-order valence-corrected chi connectivity index (χ1v) is 6.05. The molecular formula is C15H19NO. The van der Waals surface area contributed by atoms with Crippen LogP contribution in [0, 0.1) is 0 Å². The smallest absolute Gasteiger partial charge is 0.120 e. The SMILES string of the molecule is CCC(C)(CN)Oc1ccc2ccccc2c1. The van der Waals surface area contributed by atoms with Gasteiger partial charge in [0.25, 0.3) is 0 Å². The fourth-order valence-electron chi connectivity index (χ4n) is 1.77. The van der Waals surface area contributed by atoms with E-state index in [1.165, 1.54) is 10.8 Å². The number of rotatable bonds is 4. The Kier molecular flexibility index (Phi) is 3.34. The first-order chi connectivity index (χ1) is 8.17. The Hall–Kier alpha value is -1.54. The highest BCUT2D eigenvalue weighted by atomic mass is 16.5. The molecule has 0 radical (unpaired) electrons. The second kappa shape index (κ2) is 4.76. The molecule has 2 heteroatoms. The van der Waals surface area contributed by atoms with E-state index in [0.29, 0.717) is 6.54 Å². The van der Waals surface area contributed by atoms with Crippen LogP contribution in [-0.2, 0) is 0 Å². The number of nitrogens with two attached hydrogens (primary N) is 1. The van der Waals surface area contributed by atoms with Gasteiger partial charge in [0, 0.05) is 6.54 Å². The van der Waals surface area contributed by atoms with Gasteiger partial charge in [-0.2, -0.15) is 0 Å². The lowest BCUT2D eigenvalue weighted by molar-refractivity contribution is 0.0937. The Morgan fingerprint density at radius 3 is 2.47 bits per heavy atom. The van der Waals surface area contributed by atoms with Crippen molar-refractivity contribution in [3.8, 4) is 5.75 Å². The summed E-state index contributed by atoms with van der Waals surface area (Å²) in [5.74, 6) is 0.888. The molecule has 1 atom stereocenters. The van der Waals surface area contributed by atoms with E-state index < -0.39 is 0 Å². The topological polar surface area (TPSA) is 35.2 Å². The first kappa shape index (κ1) is 11.9. The molecule has 1 unspecified atom stereocenters. The predicted octanol–water partition coefficient (Wildman–Crippen LogP) is 3.35. The molecule has 0 spiro atoms. The van der Waals surface area contributed by atoms with Gasteiger partial charge in [-0.05, 0) is 36.2 Å². The Balaban J connectivity index is 2.31. The number of benzene rings is 2. The summed E-state index contributed by atoms with van der Waals surface area (Å²) in [7, 11) is 0. The van der Waals surface area contributed by atoms with Crippen molar-refractivity contribution in [2.75, 3.05) is 6.54 Å². The number of fused-ring (bicyclic) bond motifs is 1. The van der Waals surface area contributed by atoms with Gasteiger partial charge in [-0.1, -0.05) is 37.3 Å². The summed E-state index contributed by atoms with van der Waals surface area (Å²) in [5.41, 5.74) is 5.48. The molecule has 0 bridgehead atoms. The number of hydrogen-bond acceptors (Lipinski definition) is 2. The fraction of sp³-hybridized carbons (Fsp3) is 0.333. The summed E-state index contributed by atoms with van der Waals surface area (Å²) in [6, 6.07) is 14.4. The summed E-state index contributed by atoms with van der Waals surface area (Å²) < 4.78 is 5.98. The van der Waals surface area contributed by atoms with Crippen LogP contribution in [0.25, 0.3) is 10.8 Å². The van der Waals surface area contributed by atoms with E-state index >= 15 is 0 Å². The standard InChI is InChI=1S/C15H19NO/c1-3-15(2,11-16)17-14-9-8-12-6-4-5-7-13(12)10-14/h4-10H,3,11,16H2,1-2H3. The molecular weight excluding hydrogens is 210 g/mol. The Bertz CT molecular complexity index is 503. The van der Waals surface area contributed by atoms with Crippen LogP contribution in [0.5, 0.6) is 5.75 Å². The Labute approximate surface area is 102 Å². The lowest BCUT2D eigenvalue weighted by Gasteiger charge is -2.28. The highest BCUT2D eigenvalue weighted by Crippen LogP contribution is 2.25. The van der Waals surface area contributed by atoms with Gasteiger partial charge in [-0.15, -0.1) is 0 Å². The third kappa shape index (κ3) is 2.59. The van der Waals surface area contributed by atoms with E-state index in [0.717, 1.165) is 12.2 Å². The van der Waals surface area contributed by atoms with E-state index in [-0.39, 0.29) is 5.60 Å². The van der Waals surface area contributed by atoms with E-state index in [2.05, 4.69) is 31.2 Å². The molecule has 2 aromatic carbocycles. The first-order valence-electron chi connectivity index (χ1n) is 6.05. The average molecular weight is 229 g/mol. The summed E-state index contributed by atoms with van der Waals surface area (Å²) in [4.78, 5) is 0. The molecule has 0 saturated carbocycles. The van der Waals surface area contributed by atoms with Gasteiger partial charge in [0.15, 0.2) is 0 Å². The minimum atomic E-state index is -0.275. The number of hydrogen-bond donors (Lipinski definition) is 1. The van der Waals surface area contributed by atoms with Crippen LogP contribution in [0.2, 0.25) is 0 Å². The molecule has 0 aliphatic heterocycles. The van der Waals surface area contributed by atoms with Crippen molar-refractivity contribution in [2.24, 2.45) is 5.73 Å². The molecule has 0 amide bonds. The second-order valence-electron chi connectivity index (χ2n) is 4.62. The lowest BCUT2D eigenvalue weighted by atomic mass is 10.0. The van der Waals surface area contributed by atoms with Gasteiger partial charge in [0.2, 0.25) is 0 Å². The van der Waals surface area contributed by atoms with E-state index in [1.54, 1.807) is 0 Å². The fourth-order valence-corrected chi connectivity index (χ4v) is 1.77. The molecule has 0 aromatic heterocycles. The van der Waals surface area contributed by atoms with E-state index in [1.807, 2.05) is 25.1 Å². The number of ether oxygens (including phenoxy) is 1. The molecule has 0 aliphatic carbocycles. The molecule has 0 aliphatic rings. The van der Waals surface area contributed by atoms with Crippen molar-refractivity contribution in [1.82, 2.24) is 0 Å². The highest BCUT2D eigenvalue weighted by molar-refractivity contribution is 5.83. The Morgan fingerprint density at radius 2 is 1.82 bits per heavy atom. The molecule has 0 saturated heterocycles. The minimum Gasteiger partial charge on any atom is -0.486 e. The van der Waals surface area contributed by atoms with Crippen LogP contribution < -0.4 is 10.5 Å². The van der Waals surface area contributed by atoms with Crippen molar-refractivity contribution in [3.63, 3.8) is 0 Å². The van der Waals surface area contributed by atoms with Crippen molar-refractivity contribution in [2.45, 2.75) is 25.9 Å². The van der Waals surface area contributed by atoms with Crippen LogP contribution in [0.1, 0.15) is 20.3 Å². The van der Waals surface area contributed by atoms with E-state index in [4.69, 9.17) is 10.5 Å². The minimum absolute atomic E-state index is 0.275. The zero-order valence-corrected chi connectivity index (χ0v) is 10.4. The predicted molar refractivity (Wildman–Crippen MR) is 72.3 cm³/mol. The maximum Gasteiger partial charge on any atom is 0.120 e. The zero-order valence-electron chi connectivity index (χ0n) is 10.4. The molecule has 17 heavy (non-hydrogen) atoms. The molecule has 0 fully saturated rings. The molecule has 2 rings (SSSR count). The summed E-state index contributed by atoms with van der Waals surface area (Å²) >= 11 is 0. The van der Waals surface area contributed by atoms with Crippen LogP contribution >= 0.6 is 0 Å². The summed E-state index contributed by atoms with van der Waals surface area (Å²) in [5, 5.41) is 2.42. The van der Waals surface area contributed by atoms with Crippen molar-refractivity contribution >= 4 is 10.8 Å². The van der Waals surface area contributed by atoms with Crippen LogP contribution in [-0.4, -0.2) is 12.1 Å². The lowest BCUT2D eigenvalue weighted by Crippen LogP contribution is -2.39. The highest BCUT2D eigenvalue weighted by Gasteiger charge is 2.21. The van der Waals surface area contributed by atoms with Crippen molar-refractivity contribution < 1.29 is 4.74 Å². The molecule has 0 heterocycles. The van der Waals surface area contributed by atoms with Gasteiger partial charge < -0.3 is 10.5 Å².